The smallest absolute Gasteiger partial charge is 0.345 e. The fourth-order valence-electron chi connectivity index (χ4n) is 2.33. The van der Waals surface area contributed by atoms with Crippen LogP contribution >= 0.6 is 11.3 Å². The molecule has 108 valence electrons. The molecule has 1 heterocycles. The lowest BCUT2D eigenvalue weighted by Crippen LogP contribution is -2.36. The lowest BCUT2D eigenvalue weighted by Gasteiger charge is -2.29. The van der Waals surface area contributed by atoms with E-state index >= 15 is 0 Å². The summed E-state index contributed by atoms with van der Waals surface area (Å²) in [6.45, 7) is 7.71. The monoisotopic (exact) mass is 285 g/mol. The number of aliphatic hydroxyl groups excluding tert-OH is 1. The average Bonchev–Trinajstić information content (AvgIpc) is 2.73. The third kappa shape index (κ3) is 4.30. The summed E-state index contributed by atoms with van der Waals surface area (Å²) in [6.07, 6.45) is 2.07. The molecule has 0 aliphatic heterocycles. The van der Waals surface area contributed by atoms with E-state index in [1.807, 2.05) is 6.92 Å². The molecule has 0 fully saturated rings. The maximum absolute atomic E-state index is 11.0. The lowest BCUT2D eigenvalue weighted by atomic mass is 10.1. The fourth-order valence-corrected chi connectivity index (χ4v) is 3.20. The molecule has 0 saturated carbocycles. The lowest BCUT2D eigenvalue weighted by molar-refractivity contribution is 0.0702. The van der Waals surface area contributed by atoms with Gasteiger partial charge in [-0.1, -0.05) is 13.8 Å². The SMILES string of the molecule is CCC(CC)N(CCO)Cc1cc(C(=O)O)sc1C. The number of aliphatic hydroxyl groups is 1. The molecular formula is C14H23NO3S. The number of thiophene rings is 1. The van der Waals surface area contributed by atoms with Gasteiger partial charge in [0.1, 0.15) is 4.88 Å². The van der Waals surface area contributed by atoms with Gasteiger partial charge in [-0.25, -0.2) is 4.79 Å². The number of aryl methyl sites for hydroxylation is 1. The molecule has 0 aromatic carbocycles. The Morgan fingerprint density at radius 2 is 2.05 bits per heavy atom. The minimum atomic E-state index is -0.865. The van der Waals surface area contributed by atoms with Crippen LogP contribution in [-0.4, -0.2) is 40.3 Å². The van der Waals surface area contributed by atoms with Crippen LogP contribution in [0.2, 0.25) is 0 Å². The summed E-state index contributed by atoms with van der Waals surface area (Å²) in [5.74, 6) is -0.865. The number of hydrogen-bond acceptors (Lipinski definition) is 4. The van der Waals surface area contributed by atoms with Crippen LogP contribution in [0, 0.1) is 6.92 Å². The van der Waals surface area contributed by atoms with Gasteiger partial charge >= 0.3 is 5.97 Å². The van der Waals surface area contributed by atoms with Gasteiger partial charge in [-0.15, -0.1) is 11.3 Å². The van der Waals surface area contributed by atoms with Crippen LogP contribution < -0.4 is 0 Å². The molecule has 1 rings (SSSR count). The van der Waals surface area contributed by atoms with Crippen LogP contribution in [0.1, 0.15) is 46.8 Å². The van der Waals surface area contributed by atoms with Crippen LogP contribution in [-0.2, 0) is 6.54 Å². The molecule has 0 atom stereocenters. The molecule has 0 saturated heterocycles. The molecule has 1 aromatic rings. The maximum atomic E-state index is 11.0. The van der Waals surface area contributed by atoms with Crippen molar-refractivity contribution in [3.8, 4) is 0 Å². The summed E-state index contributed by atoms with van der Waals surface area (Å²) in [6, 6.07) is 2.19. The number of carbonyl (C=O) groups is 1. The second kappa shape index (κ2) is 7.62. The summed E-state index contributed by atoms with van der Waals surface area (Å²) in [7, 11) is 0. The Bertz CT molecular complexity index is 413. The molecule has 0 radical (unpaired) electrons. The Balaban J connectivity index is 2.86. The van der Waals surface area contributed by atoms with Crippen molar-refractivity contribution in [3.05, 3.63) is 21.4 Å². The zero-order valence-corrected chi connectivity index (χ0v) is 12.7. The minimum absolute atomic E-state index is 0.130. The molecule has 2 N–H and O–H groups in total. The van der Waals surface area contributed by atoms with Crippen molar-refractivity contribution < 1.29 is 15.0 Å². The molecule has 0 aliphatic rings. The number of aromatic carboxylic acids is 1. The van der Waals surface area contributed by atoms with Crippen molar-refractivity contribution in [1.82, 2.24) is 4.90 Å². The highest BCUT2D eigenvalue weighted by atomic mass is 32.1. The second-order valence-corrected chi connectivity index (χ2v) is 5.92. The summed E-state index contributed by atoms with van der Waals surface area (Å²) in [4.78, 5) is 14.7. The minimum Gasteiger partial charge on any atom is -0.477 e. The van der Waals surface area contributed by atoms with E-state index in [-0.39, 0.29) is 6.61 Å². The van der Waals surface area contributed by atoms with E-state index < -0.39 is 5.97 Å². The molecule has 0 aliphatic carbocycles. The highest BCUT2D eigenvalue weighted by Gasteiger charge is 2.18. The van der Waals surface area contributed by atoms with Crippen molar-refractivity contribution in [2.24, 2.45) is 0 Å². The van der Waals surface area contributed by atoms with E-state index in [2.05, 4.69) is 18.7 Å². The van der Waals surface area contributed by atoms with Crippen LogP contribution in [0.3, 0.4) is 0 Å². The first-order chi connectivity index (χ1) is 9.03. The van der Waals surface area contributed by atoms with Crippen molar-refractivity contribution in [2.75, 3.05) is 13.2 Å². The van der Waals surface area contributed by atoms with Crippen LogP contribution in [0.4, 0.5) is 0 Å². The fraction of sp³-hybridized carbons (Fsp3) is 0.643. The molecule has 0 spiro atoms. The van der Waals surface area contributed by atoms with Crippen molar-refractivity contribution in [2.45, 2.75) is 46.2 Å². The van der Waals surface area contributed by atoms with E-state index in [0.717, 1.165) is 23.3 Å². The Morgan fingerprint density at radius 1 is 1.42 bits per heavy atom. The largest absolute Gasteiger partial charge is 0.477 e. The number of rotatable bonds is 8. The van der Waals surface area contributed by atoms with E-state index in [0.29, 0.717) is 24.0 Å². The van der Waals surface area contributed by atoms with E-state index in [1.165, 1.54) is 11.3 Å². The van der Waals surface area contributed by atoms with Gasteiger partial charge in [-0.05, 0) is 31.4 Å². The number of carboxylic acids is 1. The van der Waals surface area contributed by atoms with Gasteiger partial charge in [0.05, 0.1) is 6.61 Å². The quantitative estimate of drug-likeness (QED) is 0.771. The standard InChI is InChI=1S/C14H23NO3S/c1-4-12(5-2)15(6-7-16)9-11-8-13(14(17)18)19-10(11)3/h8,12,16H,4-7,9H2,1-3H3,(H,17,18). The summed E-state index contributed by atoms with van der Waals surface area (Å²) in [5.41, 5.74) is 1.06. The maximum Gasteiger partial charge on any atom is 0.345 e. The first kappa shape index (κ1) is 16.1. The number of hydrogen-bond donors (Lipinski definition) is 2. The molecular weight excluding hydrogens is 262 g/mol. The molecule has 5 heteroatoms. The third-order valence-electron chi connectivity index (χ3n) is 3.45. The van der Waals surface area contributed by atoms with Gasteiger partial charge in [0.25, 0.3) is 0 Å². The van der Waals surface area contributed by atoms with E-state index in [9.17, 15) is 9.90 Å². The molecule has 19 heavy (non-hydrogen) atoms. The Hall–Kier alpha value is -0.910. The highest BCUT2D eigenvalue weighted by Crippen LogP contribution is 2.24. The first-order valence-corrected chi connectivity index (χ1v) is 7.52. The van der Waals surface area contributed by atoms with Gasteiger partial charge in [-0.2, -0.15) is 0 Å². The Morgan fingerprint density at radius 3 is 2.47 bits per heavy atom. The summed E-state index contributed by atoms with van der Waals surface area (Å²) in [5, 5.41) is 18.2. The summed E-state index contributed by atoms with van der Waals surface area (Å²) < 4.78 is 0. The predicted octanol–water partition coefficient (Wildman–Crippen LogP) is 2.74. The molecule has 1 aromatic heterocycles. The second-order valence-electron chi connectivity index (χ2n) is 4.66. The van der Waals surface area contributed by atoms with Crippen molar-refractivity contribution in [3.63, 3.8) is 0 Å². The van der Waals surface area contributed by atoms with Crippen molar-refractivity contribution in [1.29, 1.82) is 0 Å². The van der Waals surface area contributed by atoms with Crippen LogP contribution in [0.15, 0.2) is 6.07 Å². The van der Waals surface area contributed by atoms with E-state index in [4.69, 9.17) is 5.11 Å². The number of nitrogens with zero attached hydrogens (tertiary/aromatic N) is 1. The predicted molar refractivity (Wildman–Crippen MR) is 77.9 cm³/mol. The van der Waals surface area contributed by atoms with Crippen molar-refractivity contribution >= 4 is 17.3 Å². The number of carboxylic acid groups (broad SMARTS) is 1. The molecule has 4 nitrogen and oxygen atoms in total. The van der Waals surface area contributed by atoms with Gasteiger partial charge in [0.15, 0.2) is 0 Å². The van der Waals surface area contributed by atoms with Gasteiger partial charge in [-0.3, -0.25) is 4.90 Å². The molecule has 0 unspecified atom stereocenters. The molecule has 0 bridgehead atoms. The normalized spacial score (nSPS) is 11.5. The average molecular weight is 285 g/mol. The van der Waals surface area contributed by atoms with Crippen LogP contribution in [0.25, 0.3) is 0 Å². The zero-order chi connectivity index (χ0) is 14.4. The molecule has 0 amide bonds. The van der Waals surface area contributed by atoms with Gasteiger partial charge in [0.2, 0.25) is 0 Å². The summed E-state index contributed by atoms with van der Waals surface area (Å²) >= 11 is 1.32. The highest BCUT2D eigenvalue weighted by molar-refractivity contribution is 7.14. The first-order valence-electron chi connectivity index (χ1n) is 6.70. The topological polar surface area (TPSA) is 60.8 Å². The Labute approximate surface area is 118 Å². The van der Waals surface area contributed by atoms with E-state index in [1.54, 1.807) is 6.07 Å². The Kier molecular flexibility index (Phi) is 6.48. The van der Waals surface area contributed by atoms with Gasteiger partial charge in [0, 0.05) is 24.0 Å². The zero-order valence-electron chi connectivity index (χ0n) is 11.8. The third-order valence-corrected chi connectivity index (χ3v) is 4.53. The van der Waals surface area contributed by atoms with Gasteiger partial charge < -0.3 is 10.2 Å². The van der Waals surface area contributed by atoms with Crippen LogP contribution in [0.5, 0.6) is 0 Å².